The van der Waals surface area contributed by atoms with Crippen molar-refractivity contribution >= 4 is 35.8 Å². The minimum absolute atomic E-state index is 0.0595. The monoisotopic (exact) mass is 381 g/mol. The summed E-state index contributed by atoms with van der Waals surface area (Å²) >= 11 is 3.26. The zero-order valence-corrected chi connectivity index (χ0v) is 14.2. The Bertz CT molecular complexity index is 683. The van der Waals surface area contributed by atoms with Crippen molar-refractivity contribution in [2.75, 3.05) is 18.1 Å². The molecule has 1 heterocycles. The van der Waals surface area contributed by atoms with Gasteiger partial charge in [0.05, 0.1) is 16.4 Å². The molecule has 0 radical (unpaired) electrons. The van der Waals surface area contributed by atoms with Crippen LogP contribution in [-0.2, 0) is 19.9 Å². The predicted molar refractivity (Wildman–Crippen MR) is 80.8 cm³/mol. The average Bonchev–Trinajstić information content (AvgIpc) is 2.70. The lowest BCUT2D eigenvalue weighted by molar-refractivity contribution is 0.354. The summed E-state index contributed by atoms with van der Waals surface area (Å²) in [6.07, 6.45) is 0.367. The van der Waals surface area contributed by atoms with Crippen LogP contribution in [0.2, 0.25) is 0 Å². The Kier molecular flexibility index (Phi) is 4.58. The fourth-order valence-corrected chi connectivity index (χ4v) is 6.12. The Labute approximate surface area is 128 Å². The van der Waals surface area contributed by atoms with Gasteiger partial charge in [-0.2, -0.15) is 4.31 Å². The van der Waals surface area contributed by atoms with Crippen molar-refractivity contribution in [1.29, 1.82) is 0 Å². The number of nitrogens with zero attached hydrogens (tertiary/aromatic N) is 1. The summed E-state index contributed by atoms with van der Waals surface area (Å²) in [5, 5.41) is 0. The molecule has 0 spiro atoms. The Morgan fingerprint density at radius 2 is 1.90 bits per heavy atom. The van der Waals surface area contributed by atoms with Crippen molar-refractivity contribution in [1.82, 2.24) is 4.31 Å². The third-order valence-corrected chi connectivity index (χ3v) is 7.67. The molecule has 1 aromatic carbocycles. The Morgan fingerprint density at radius 3 is 2.35 bits per heavy atom. The molecule has 112 valence electrons. The van der Waals surface area contributed by atoms with Gasteiger partial charge in [-0.1, -0.05) is 22.9 Å². The van der Waals surface area contributed by atoms with Crippen LogP contribution in [0.4, 0.5) is 0 Å². The highest BCUT2D eigenvalue weighted by atomic mass is 79.9. The first-order valence-corrected chi connectivity index (χ1v) is 10.3. The van der Waals surface area contributed by atoms with Gasteiger partial charge in [0.15, 0.2) is 9.84 Å². The molecule has 1 aliphatic rings. The molecule has 1 aliphatic heterocycles. The molecule has 1 aromatic rings. The summed E-state index contributed by atoms with van der Waals surface area (Å²) in [5.74, 6) is -0.0272. The van der Waals surface area contributed by atoms with E-state index in [1.807, 2.05) is 0 Å². The fourth-order valence-electron chi connectivity index (χ4n) is 2.37. The normalized spacial score (nSPS) is 22.2. The van der Waals surface area contributed by atoms with E-state index in [0.29, 0.717) is 6.42 Å². The van der Waals surface area contributed by atoms with Gasteiger partial charge in [0, 0.05) is 17.1 Å². The largest absolute Gasteiger partial charge is 0.243 e. The van der Waals surface area contributed by atoms with E-state index in [0.717, 1.165) is 4.47 Å². The van der Waals surface area contributed by atoms with Gasteiger partial charge >= 0.3 is 0 Å². The summed E-state index contributed by atoms with van der Waals surface area (Å²) in [5.41, 5.74) is 0. The minimum Gasteiger partial charge on any atom is -0.229 e. The van der Waals surface area contributed by atoms with Crippen molar-refractivity contribution in [2.45, 2.75) is 24.3 Å². The summed E-state index contributed by atoms with van der Waals surface area (Å²) in [4.78, 5) is 0.187. The topological polar surface area (TPSA) is 71.5 Å². The van der Waals surface area contributed by atoms with E-state index >= 15 is 0 Å². The second-order valence-electron chi connectivity index (χ2n) is 4.72. The third-order valence-electron chi connectivity index (χ3n) is 3.35. The van der Waals surface area contributed by atoms with Crippen molar-refractivity contribution < 1.29 is 16.8 Å². The van der Waals surface area contributed by atoms with E-state index in [1.54, 1.807) is 19.1 Å². The highest BCUT2D eigenvalue weighted by Crippen LogP contribution is 2.25. The van der Waals surface area contributed by atoms with Crippen LogP contribution in [0.1, 0.15) is 13.3 Å². The maximum atomic E-state index is 12.6. The number of sulfone groups is 1. The average molecular weight is 382 g/mol. The Morgan fingerprint density at radius 1 is 1.30 bits per heavy atom. The van der Waals surface area contributed by atoms with E-state index in [2.05, 4.69) is 15.9 Å². The van der Waals surface area contributed by atoms with Gasteiger partial charge in [-0.3, -0.25) is 0 Å². The number of hydrogen-bond acceptors (Lipinski definition) is 4. The second-order valence-corrected chi connectivity index (χ2v) is 9.75. The SMILES string of the molecule is CCN([C@@H]1CCS(=O)(=O)C1)S(=O)(=O)c1ccc(Br)cc1. The van der Waals surface area contributed by atoms with E-state index in [1.165, 1.54) is 16.4 Å². The van der Waals surface area contributed by atoms with E-state index < -0.39 is 25.9 Å². The standard InChI is InChI=1S/C12H16BrNO4S2/c1-2-14(11-7-8-19(15,16)9-11)20(17,18)12-5-3-10(13)4-6-12/h3-6,11H,2,7-9H2,1H3/t11-/m1/s1. The molecule has 0 amide bonds. The molecule has 0 aliphatic carbocycles. The van der Waals surface area contributed by atoms with Crippen LogP contribution >= 0.6 is 15.9 Å². The van der Waals surface area contributed by atoms with Crippen LogP contribution in [0.5, 0.6) is 0 Å². The summed E-state index contributed by atoms with van der Waals surface area (Å²) in [7, 11) is -6.77. The molecule has 0 unspecified atom stereocenters. The highest BCUT2D eigenvalue weighted by molar-refractivity contribution is 9.10. The van der Waals surface area contributed by atoms with Crippen molar-refractivity contribution in [3.8, 4) is 0 Å². The molecule has 1 atom stereocenters. The van der Waals surface area contributed by atoms with Gasteiger partial charge in [-0.25, -0.2) is 16.8 Å². The lowest BCUT2D eigenvalue weighted by Crippen LogP contribution is -2.40. The molecule has 0 bridgehead atoms. The smallest absolute Gasteiger partial charge is 0.229 e. The highest BCUT2D eigenvalue weighted by Gasteiger charge is 2.37. The summed E-state index contributed by atoms with van der Waals surface area (Å²) < 4.78 is 50.3. The van der Waals surface area contributed by atoms with Crippen LogP contribution in [-0.4, -0.2) is 45.2 Å². The number of halogens is 1. The molecule has 1 saturated heterocycles. The zero-order chi connectivity index (χ0) is 15.0. The van der Waals surface area contributed by atoms with Gasteiger partial charge in [0.1, 0.15) is 0 Å². The first kappa shape index (κ1) is 15.9. The van der Waals surface area contributed by atoms with Gasteiger partial charge in [-0.15, -0.1) is 0 Å². The van der Waals surface area contributed by atoms with Crippen LogP contribution in [0.3, 0.4) is 0 Å². The fraction of sp³-hybridized carbons (Fsp3) is 0.500. The number of hydrogen-bond donors (Lipinski definition) is 0. The van der Waals surface area contributed by atoms with E-state index in [4.69, 9.17) is 0 Å². The lowest BCUT2D eigenvalue weighted by atomic mass is 10.3. The van der Waals surface area contributed by atoms with Gasteiger partial charge in [0.2, 0.25) is 10.0 Å². The molecule has 5 nitrogen and oxygen atoms in total. The van der Waals surface area contributed by atoms with Crippen molar-refractivity contribution in [3.05, 3.63) is 28.7 Å². The molecular formula is C12H16BrNO4S2. The molecule has 20 heavy (non-hydrogen) atoms. The third kappa shape index (κ3) is 3.24. The molecule has 0 aromatic heterocycles. The quantitative estimate of drug-likeness (QED) is 0.794. The molecule has 0 N–H and O–H groups in total. The van der Waals surface area contributed by atoms with Crippen LogP contribution in [0, 0.1) is 0 Å². The van der Waals surface area contributed by atoms with Crippen LogP contribution < -0.4 is 0 Å². The maximum absolute atomic E-state index is 12.6. The molecule has 1 fully saturated rings. The molecule has 8 heteroatoms. The summed E-state index contributed by atoms with van der Waals surface area (Å²) in [6.45, 7) is 1.99. The molecule has 0 saturated carbocycles. The van der Waals surface area contributed by atoms with Gasteiger partial charge < -0.3 is 0 Å². The van der Waals surface area contributed by atoms with E-state index in [-0.39, 0.29) is 22.9 Å². The molecule has 2 rings (SSSR count). The van der Waals surface area contributed by atoms with Crippen LogP contribution in [0.15, 0.2) is 33.6 Å². The first-order chi connectivity index (χ1) is 9.26. The van der Waals surface area contributed by atoms with Gasteiger partial charge in [-0.05, 0) is 30.7 Å². The number of sulfonamides is 1. The first-order valence-electron chi connectivity index (χ1n) is 6.24. The molecular weight excluding hydrogens is 366 g/mol. The minimum atomic E-state index is -3.65. The lowest BCUT2D eigenvalue weighted by Gasteiger charge is -2.25. The maximum Gasteiger partial charge on any atom is 0.243 e. The Balaban J connectivity index is 2.33. The zero-order valence-electron chi connectivity index (χ0n) is 11.0. The van der Waals surface area contributed by atoms with E-state index in [9.17, 15) is 16.8 Å². The van der Waals surface area contributed by atoms with Crippen molar-refractivity contribution in [2.24, 2.45) is 0 Å². The van der Waals surface area contributed by atoms with Crippen molar-refractivity contribution in [3.63, 3.8) is 0 Å². The Hall–Kier alpha value is -0.440. The number of rotatable bonds is 4. The van der Waals surface area contributed by atoms with Gasteiger partial charge in [0.25, 0.3) is 0 Å². The van der Waals surface area contributed by atoms with Crippen LogP contribution in [0.25, 0.3) is 0 Å². The number of benzene rings is 1. The predicted octanol–water partition coefficient (Wildman–Crippen LogP) is 1.65. The second kappa shape index (κ2) is 5.75. The summed E-state index contributed by atoms with van der Waals surface area (Å²) in [6, 6.07) is 5.90.